The van der Waals surface area contributed by atoms with E-state index in [-0.39, 0.29) is 17.6 Å². The van der Waals surface area contributed by atoms with E-state index in [1.54, 1.807) is 12.1 Å². The number of hydrogen-bond acceptors (Lipinski definition) is 2. The molecular weight excluding hydrogens is 374 g/mol. The summed E-state index contributed by atoms with van der Waals surface area (Å²) < 4.78 is 5.55. The Labute approximate surface area is 131 Å². The van der Waals surface area contributed by atoms with E-state index in [1.807, 2.05) is 32.9 Å². The Bertz CT molecular complexity index is 414. The first-order valence-electron chi connectivity index (χ1n) is 6.11. The largest absolute Gasteiger partial charge is 0.491 e. The number of alkyl halides is 2. The van der Waals surface area contributed by atoms with Crippen LogP contribution in [0, 0.1) is 0 Å². The molecule has 106 valence electrons. The first kappa shape index (κ1) is 16.5. The molecule has 1 aromatic rings. The first-order chi connectivity index (χ1) is 8.90. The van der Waals surface area contributed by atoms with Gasteiger partial charge in [-0.05, 0) is 45.0 Å². The van der Waals surface area contributed by atoms with Gasteiger partial charge in [0.2, 0.25) is 0 Å². The van der Waals surface area contributed by atoms with Crippen molar-refractivity contribution in [3.8, 4) is 5.75 Å². The number of carbonyl (C=O) groups is 1. The van der Waals surface area contributed by atoms with E-state index < -0.39 is 0 Å². The zero-order valence-electron chi connectivity index (χ0n) is 11.4. The molecule has 0 saturated heterocycles. The van der Waals surface area contributed by atoms with Crippen molar-refractivity contribution in [3.63, 3.8) is 0 Å². The van der Waals surface area contributed by atoms with Crippen LogP contribution in [0.1, 0.15) is 31.1 Å². The Balaban J connectivity index is 2.73. The fourth-order valence-corrected chi connectivity index (χ4v) is 2.61. The van der Waals surface area contributed by atoms with Crippen molar-refractivity contribution in [1.82, 2.24) is 5.32 Å². The van der Waals surface area contributed by atoms with Gasteiger partial charge >= 0.3 is 0 Å². The van der Waals surface area contributed by atoms with E-state index in [9.17, 15) is 4.79 Å². The quantitative estimate of drug-likeness (QED) is 0.748. The van der Waals surface area contributed by atoms with Crippen LogP contribution in [-0.4, -0.2) is 28.2 Å². The van der Waals surface area contributed by atoms with Crippen molar-refractivity contribution in [2.45, 2.75) is 32.4 Å². The molecule has 1 N–H and O–H groups in total. The van der Waals surface area contributed by atoms with Gasteiger partial charge in [-0.25, -0.2) is 0 Å². The number of nitrogens with one attached hydrogen (secondary N) is 1. The van der Waals surface area contributed by atoms with Crippen LogP contribution in [0.3, 0.4) is 0 Å². The summed E-state index contributed by atoms with van der Waals surface area (Å²) in [5.41, 5.74) is 0.328. The molecule has 19 heavy (non-hydrogen) atoms. The van der Waals surface area contributed by atoms with Crippen molar-refractivity contribution >= 4 is 37.8 Å². The van der Waals surface area contributed by atoms with E-state index in [4.69, 9.17) is 4.74 Å². The van der Waals surface area contributed by atoms with Gasteiger partial charge in [0, 0.05) is 16.2 Å². The van der Waals surface area contributed by atoms with Gasteiger partial charge in [-0.2, -0.15) is 0 Å². The van der Waals surface area contributed by atoms with Gasteiger partial charge in [-0.15, -0.1) is 0 Å². The number of ether oxygens (including phenoxy) is 1. The molecule has 0 aliphatic rings. The molecule has 0 atom stereocenters. The smallest absolute Gasteiger partial charge is 0.251 e. The highest BCUT2D eigenvalue weighted by molar-refractivity contribution is 9.09. The van der Waals surface area contributed by atoms with Crippen LogP contribution < -0.4 is 10.1 Å². The van der Waals surface area contributed by atoms with Gasteiger partial charge in [-0.3, -0.25) is 4.79 Å². The lowest BCUT2D eigenvalue weighted by molar-refractivity contribution is 0.0923. The second-order valence-electron chi connectivity index (χ2n) is 4.97. The highest BCUT2D eigenvalue weighted by atomic mass is 79.9. The second-order valence-corrected chi connectivity index (χ2v) is 6.09. The second kappa shape index (κ2) is 7.29. The van der Waals surface area contributed by atoms with Gasteiger partial charge in [0.25, 0.3) is 5.91 Å². The summed E-state index contributed by atoms with van der Waals surface area (Å²) in [6.07, 6.45) is 0.129. The van der Waals surface area contributed by atoms with Crippen LogP contribution in [0.15, 0.2) is 24.3 Å². The first-order valence-corrected chi connectivity index (χ1v) is 8.35. The topological polar surface area (TPSA) is 38.3 Å². The summed E-state index contributed by atoms with van der Waals surface area (Å²) in [4.78, 5) is 12.1. The molecule has 3 nitrogen and oxygen atoms in total. The maximum Gasteiger partial charge on any atom is 0.251 e. The fraction of sp³-hybridized carbons (Fsp3) is 0.500. The van der Waals surface area contributed by atoms with Crippen molar-refractivity contribution in [2.75, 3.05) is 10.7 Å². The minimum atomic E-state index is -0.301. The van der Waals surface area contributed by atoms with Crippen LogP contribution >= 0.6 is 31.9 Å². The highest BCUT2D eigenvalue weighted by Gasteiger charge is 2.24. The van der Waals surface area contributed by atoms with Crippen molar-refractivity contribution < 1.29 is 9.53 Å². The molecule has 5 heteroatoms. The summed E-state index contributed by atoms with van der Waals surface area (Å²) in [7, 11) is 0. The van der Waals surface area contributed by atoms with E-state index in [0.29, 0.717) is 16.2 Å². The van der Waals surface area contributed by atoms with Crippen LogP contribution in [0.2, 0.25) is 0 Å². The Hall–Kier alpha value is -0.550. The Kier molecular flexibility index (Phi) is 6.33. The molecule has 0 saturated carbocycles. The van der Waals surface area contributed by atoms with Crippen LogP contribution in [0.4, 0.5) is 0 Å². The Morgan fingerprint density at radius 3 is 2.21 bits per heavy atom. The van der Waals surface area contributed by atoms with E-state index >= 15 is 0 Å². The molecule has 0 fully saturated rings. The third-order valence-corrected chi connectivity index (χ3v) is 4.97. The molecule has 0 bridgehead atoms. The molecule has 1 aromatic carbocycles. The lowest BCUT2D eigenvalue weighted by atomic mass is 10.1. The van der Waals surface area contributed by atoms with E-state index in [2.05, 4.69) is 37.2 Å². The van der Waals surface area contributed by atoms with Crippen molar-refractivity contribution in [2.24, 2.45) is 0 Å². The molecule has 0 aliphatic carbocycles. The van der Waals surface area contributed by atoms with Gasteiger partial charge in [0.1, 0.15) is 5.75 Å². The van der Waals surface area contributed by atoms with Gasteiger partial charge < -0.3 is 10.1 Å². The Morgan fingerprint density at radius 1 is 1.26 bits per heavy atom. The predicted molar refractivity (Wildman–Crippen MR) is 85.7 cm³/mol. The van der Waals surface area contributed by atoms with Gasteiger partial charge in [0.15, 0.2) is 0 Å². The number of carbonyl (C=O) groups excluding carboxylic acids is 1. The lowest BCUT2D eigenvalue weighted by Gasteiger charge is -2.26. The third-order valence-electron chi connectivity index (χ3n) is 2.49. The maximum absolute atomic E-state index is 12.1. The normalized spacial score (nSPS) is 11.5. The standard InChI is InChI=1S/C14H19Br2NO2/c1-10(2)19-12-6-4-11(5-7-12)13(18)17-14(3,8-15)9-16/h4-7,10H,8-9H2,1-3H3,(H,17,18). The predicted octanol–water partition coefficient (Wildman–Crippen LogP) is 3.75. The van der Waals surface area contributed by atoms with E-state index in [1.165, 1.54) is 0 Å². The van der Waals surface area contributed by atoms with Crippen LogP contribution in [0.5, 0.6) is 5.75 Å². The molecular formula is C14H19Br2NO2. The number of rotatable bonds is 6. The third kappa shape index (κ3) is 5.15. The zero-order valence-corrected chi connectivity index (χ0v) is 14.5. The summed E-state index contributed by atoms with van der Waals surface area (Å²) in [5.74, 6) is 0.688. The molecule has 1 rings (SSSR count). The summed E-state index contributed by atoms with van der Waals surface area (Å²) in [5, 5.41) is 4.37. The average molecular weight is 393 g/mol. The molecule has 0 aromatic heterocycles. The number of benzene rings is 1. The summed E-state index contributed by atoms with van der Waals surface area (Å²) in [6, 6.07) is 7.18. The Morgan fingerprint density at radius 2 is 1.79 bits per heavy atom. The molecule has 0 heterocycles. The summed E-state index contributed by atoms with van der Waals surface area (Å²) in [6.45, 7) is 5.92. The monoisotopic (exact) mass is 391 g/mol. The minimum Gasteiger partial charge on any atom is -0.491 e. The lowest BCUT2D eigenvalue weighted by Crippen LogP contribution is -2.48. The highest BCUT2D eigenvalue weighted by Crippen LogP contribution is 2.16. The van der Waals surface area contributed by atoms with Crippen LogP contribution in [-0.2, 0) is 0 Å². The molecule has 0 radical (unpaired) electrons. The molecule has 0 spiro atoms. The number of hydrogen-bond donors (Lipinski definition) is 1. The molecule has 0 unspecified atom stereocenters. The van der Waals surface area contributed by atoms with Gasteiger partial charge in [0.05, 0.1) is 11.6 Å². The van der Waals surface area contributed by atoms with Crippen molar-refractivity contribution in [1.29, 1.82) is 0 Å². The number of halogens is 2. The van der Waals surface area contributed by atoms with Gasteiger partial charge in [-0.1, -0.05) is 31.9 Å². The van der Waals surface area contributed by atoms with Crippen molar-refractivity contribution in [3.05, 3.63) is 29.8 Å². The summed E-state index contributed by atoms with van der Waals surface area (Å²) >= 11 is 6.81. The molecule has 1 amide bonds. The fourth-order valence-electron chi connectivity index (χ4n) is 1.41. The minimum absolute atomic E-state index is 0.0857. The average Bonchev–Trinajstić information content (AvgIpc) is 2.38. The zero-order chi connectivity index (χ0) is 14.5. The van der Waals surface area contributed by atoms with E-state index in [0.717, 1.165) is 5.75 Å². The number of amides is 1. The molecule has 0 aliphatic heterocycles. The maximum atomic E-state index is 12.1. The van der Waals surface area contributed by atoms with Crippen LogP contribution in [0.25, 0.3) is 0 Å². The SMILES string of the molecule is CC(C)Oc1ccc(C(=O)NC(C)(CBr)CBr)cc1.